The fourth-order valence-corrected chi connectivity index (χ4v) is 4.30. The summed E-state index contributed by atoms with van der Waals surface area (Å²) in [6.07, 6.45) is -1.71. The molecule has 0 saturated heterocycles. The largest absolute Gasteiger partial charge is 0.416 e. The minimum atomic E-state index is -4.45. The van der Waals surface area contributed by atoms with Gasteiger partial charge in [0.15, 0.2) is 0 Å². The van der Waals surface area contributed by atoms with Crippen LogP contribution in [0.1, 0.15) is 47.8 Å². The summed E-state index contributed by atoms with van der Waals surface area (Å²) in [7, 11) is 0. The molecule has 0 bridgehead atoms. The first-order valence-corrected chi connectivity index (χ1v) is 11.2. The molecule has 0 aliphatic heterocycles. The van der Waals surface area contributed by atoms with Crippen LogP contribution in [0.3, 0.4) is 0 Å². The van der Waals surface area contributed by atoms with Gasteiger partial charge in [0, 0.05) is 27.7 Å². The number of nitrogens with two attached hydrogens (primary N) is 1. The highest BCUT2D eigenvalue weighted by molar-refractivity contribution is 6.33. The monoisotopic (exact) mass is 485 g/mol. The van der Waals surface area contributed by atoms with E-state index >= 15 is 0 Å². The van der Waals surface area contributed by atoms with Crippen molar-refractivity contribution in [2.75, 3.05) is 0 Å². The highest BCUT2D eigenvalue weighted by atomic mass is 35.5. The molecule has 0 aliphatic carbocycles. The Hall–Kier alpha value is -3.32. The van der Waals surface area contributed by atoms with Crippen LogP contribution in [0.5, 0.6) is 0 Å². The van der Waals surface area contributed by atoms with Crippen molar-refractivity contribution in [2.24, 2.45) is 11.7 Å². The summed E-state index contributed by atoms with van der Waals surface area (Å²) in [5.74, 6) is -0.0964. The van der Waals surface area contributed by atoms with Gasteiger partial charge in [-0.1, -0.05) is 49.7 Å². The number of alkyl halides is 3. The van der Waals surface area contributed by atoms with Crippen LogP contribution in [-0.2, 0) is 6.18 Å². The smallest absolute Gasteiger partial charge is 0.366 e. The average Bonchev–Trinajstić information content (AvgIpc) is 3.19. The maximum atomic E-state index is 13.0. The van der Waals surface area contributed by atoms with Crippen LogP contribution < -0.4 is 5.73 Å². The molecule has 8 heteroatoms. The Morgan fingerprint density at radius 2 is 1.76 bits per heavy atom. The maximum absolute atomic E-state index is 13.0. The first kappa shape index (κ1) is 23.8. The van der Waals surface area contributed by atoms with Gasteiger partial charge in [0.25, 0.3) is 0 Å². The number of hydrogen-bond donors (Lipinski definition) is 1. The predicted molar refractivity (Wildman–Crippen MR) is 128 cm³/mol. The Bertz CT molecular complexity index is 1340. The van der Waals surface area contributed by atoms with E-state index in [9.17, 15) is 18.0 Å². The van der Waals surface area contributed by atoms with Crippen molar-refractivity contribution in [1.29, 1.82) is 0 Å². The van der Waals surface area contributed by atoms with Gasteiger partial charge in [-0.3, -0.25) is 9.48 Å². The summed E-state index contributed by atoms with van der Waals surface area (Å²) in [4.78, 5) is 11.4. The lowest BCUT2D eigenvalue weighted by atomic mass is 9.96. The number of amides is 1. The van der Waals surface area contributed by atoms with E-state index in [2.05, 4.69) is 13.8 Å². The second-order valence-electron chi connectivity index (χ2n) is 8.71. The van der Waals surface area contributed by atoms with Crippen molar-refractivity contribution in [3.05, 3.63) is 88.6 Å². The van der Waals surface area contributed by atoms with Crippen molar-refractivity contribution in [2.45, 2.75) is 32.5 Å². The molecule has 4 nitrogen and oxygen atoms in total. The maximum Gasteiger partial charge on any atom is 0.416 e. The SMILES string of the molecule is CC(C)CC(c1ccc(C(N)=O)cc1)n1cc2cc(-c3ccc(C(F)(F)F)cc3Cl)ccc2n1. The van der Waals surface area contributed by atoms with E-state index in [-0.39, 0.29) is 11.1 Å². The van der Waals surface area contributed by atoms with Gasteiger partial charge in [0.2, 0.25) is 5.91 Å². The molecule has 1 amide bonds. The summed E-state index contributed by atoms with van der Waals surface area (Å²) in [6, 6.07) is 16.0. The lowest BCUT2D eigenvalue weighted by Gasteiger charge is -2.20. The highest BCUT2D eigenvalue weighted by Crippen LogP contribution is 2.36. The molecule has 34 heavy (non-hydrogen) atoms. The van der Waals surface area contributed by atoms with E-state index in [1.54, 1.807) is 18.2 Å². The molecule has 1 aromatic heterocycles. The second-order valence-corrected chi connectivity index (χ2v) is 9.11. The van der Waals surface area contributed by atoms with Gasteiger partial charge in [-0.05, 0) is 59.9 Å². The van der Waals surface area contributed by atoms with Gasteiger partial charge in [0.1, 0.15) is 0 Å². The van der Waals surface area contributed by atoms with E-state index in [4.69, 9.17) is 22.4 Å². The number of nitrogens with zero attached hydrogens (tertiary/aromatic N) is 2. The summed E-state index contributed by atoms with van der Waals surface area (Å²) >= 11 is 6.20. The lowest BCUT2D eigenvalue weighted by molar-refractivity contribution is -0.137. The number of primary amides is 1. The second kappa shape index (κ2) is 9.14. The molecule has 3 aromatic carbocycles. The molecular formula is C26H23ClF3N3O. The molecule has 0 aliphatic rings. The Labute approximate surface area is 200 Å². The van der Waals surface area contributed by atoms with Crippen LogP contribution in [0.15, 0.2) is 66.9 Å². The van der Waals surface area contributed by atoms with Crippen LogP contribution in [0, 0.1) is 5.92 Å². The first-order chi connectivity index (χ1) is 16.0. The molecule has 4 rings (SSSR count). The predicted octanol–water partition coefficient (Wildman–Crippen LogP) is 7.11. The summed E-state index contributed by atoms with van der Waals surface area (Å²) < 4.78 is 40.9. The van der Waals surface area contributed by atoms with Crippen LogP contribution in [0.4, 0.5) is 13.2 Å². The van der Waals surface area contributed by atoms with Gasteiger partial charge in [-0.25, -0.2) is 0 Å². The normalized spacial score (nSPS) is 12.9. The van der Waals surface area contributed by atoms with Crippen LogP contribution in [-0.4, -0.2) is 15.7 Å². The standard InChI is InChI=1S/C26H23ClF3N3O/c1-15(2)11-24(16-3-5-17(6-4-16)25(31)34)33-14-19-12-18(7-10-23(19)32-33)21-9-8-20(13-22(21)27)26(28,29)30/h3-10,12-15,24H,11H2,1-2H3,(H2,31,34). The number of fused-ring (bicyclic) bond motifs is 1. The fraction of sp³-hybridized carbons (Fsp3) is 0.231. The summed E-state index contributed by atoms with van der Waals surface area (Å²) in [5.41, 5.74) is 8.00. The molecule has 2 N–H and O–H groups in total. The Kier molecular flexibility index (Phi) is 6.41. The Morgan fingerprint density at radius 3 is 2.35 bits per heavy atom. The molecular weight excluding hydrogens is 463 g/mol. The topological polar surface area (TPSA) is 60.9 Å². The number of aromatic nitrogens is 2. The summed E-state index contributed by atoms with van der Waals surface area (Å²) in [5, 5.41) is 5.63. The molecule has 1 heterocycles. The fourth-order valence-electron chi connectivity index (χ4n) is 4.01. The molecule has 176 valence electrons. The molecule has 0 radical (unpaired) electrons. The highest BCUT2D eigenvalue weighted by Gasteiger charge is 2.31. The van der Waals surface area contributed by atoms with Crippen molar-refractivity contribution >= 4 is 28.4 Å². The van der Waals surface area contributed by atoms with Gasteiger partial charge < -0.3 is 5.73 Å². The summed E-state index contributed by atoms with van der Waals surface area (Å²) in [6.45, 7) is 4.25. The Morgan fingerprint density at radius 1 is 1.06 bits per heavy atom. The number of benzene rings is 3. The van der Waals surface area contributed by atoms with Crippen molar-refractivity contribution in [3.8, 4) is 11.1 Å². The van der Waals surface area contributed by atoms with Gasteiger partial charge >= 0.3 is 6.18 Å². The minimum Gasteiger partial charge on any atom is -0.366 e. The molecule has 0 saturated carbocycles. The number of rotatable bonds is 6. The number of carbonyl (C=O) groups is 1. The van der Waals surface area contributed by atoms with E-state index in [0.717, 1.165) is 35.0 Å². The average molecular weight is 486 g/mol. The van der Waals surface area contributed by atoms with Gasteiger partial charge in [-0.15, -0.1) is 0 Å². The van der Waals surface area contributed by atoms with Crippen LogP contribution in [0.25, 0.3) is 22.0 Å². The van der Waals surface area contributed by atoms with E-state index in [1.165, 1.54) is 6.07 Å². The first-order valence-electron chi connectivity index (χ1n) is 10.8. The molecule has 1 unspecified atom stereocenters. The van der Waals surface area contributed by atoms with Crippen molar-refractivity contribution in [1.82, 2.24) is 9.78 Å². The van der Waals surface area contributed by atoms with Crippen molar-refractivity contribution in [3.63, 3.8) is 0 Å². The third kappa shape index (κ3) is 4.94. The van der Waals surface area contributed by atoms with Gasteiger partial charge in [0.05, 0.1) is 17.1 Å². The third-order valence-electron chi connectivity index (χ3n) is 5.72. The lowest BCUT2D eigenvalue weighted by Crippen LogP contribution is -2.15. The molecule has 0 spiro atoms. The van der Waals surface area contributed by atoms with E-state index < -0.39 is 17.6 Å². The van der Waals surface area contributed by atoms with Crippen LogP contribution in [0.2, 0.25) is 5.02 Å². The van der Waals surface area contributed by atoms with Gasteiger partial charge in [-0.2, -0.15) is 18.3 Å². The van der Waals surface area contributed by atoms with Crippen LogP contribution >= 0.6 is 11.6 Å². The Balaban J connectivity index is 1.72. The zero-order valence-electron chi connectivity index (χ0n) is 18.6. The zero-order chi connectivity index (χ0) is 24.6. The van der Waals surface area contributed by atoms with E-state index in [0.29, 0.717) is 22.6 Å². The number of carbonyl (C=O) groups excluding carboxylic acids is 1. The van der Waals surface area contributed by atoms with E-state index in [1.807, 2.05) is 35.1 Å². The molecule has 0 fully saturated rings. The number of halogens is 4. The molecule has 1 atom stereocenters. The quantitative estimate of drug-likeness (QED) is 0.316. The molecule has 4 aromatic rings. The third-order valence-corrected chi connectivity index (χ3v) is 6.04. The van der Waals surface area contributed by atoms with Crippen molar-refractivity contribution < 1.29 is 18.0 Å². The zero-order valence-corrected chi connectivity index (χ0v) is 19.4. The number of hydrogen-bond acceptors (Lipinski definition) is 2. The minimum absolute atomic E-state index is 0.0359.